The molecule has 0 heterocycles. The number of nitrogens with one attached hydrogen (secondary N) is 3. The number of guanidine groups is 1. The molecule has 1 rings (SSSR count). The van der Waals surface area contributed by atoms with Crippen molar-refractivity contribution in [1.82, 2.24) is 15.4 Å². The van der Waals surface area contributed by atoms with Crippen LogP contribution in [0.1, 0.15) is 58.8 Å². The van der Waals surface area contributed by atoms with E-state index in [0.29, 0.717) is 19.1 Å². The third kappa shape index (κ3) is 10.5. The van der Waals surface area contributed by atoms with Crippen molar-refractivity contribution in [2.75, 3.05) is 25.9 Å². The van der Waals surface area contributed by atoms with Crippen LogP contribution in [0.3, 0.4) is 0 Å². The van der Waals surface area contributed by atoms with E-state index < -0.39 is 10.0 Å². The highest BCUT2D eigenvalue weighted by Gasteiger charge is 2.15. The highest BCUT2D eigenvalue weighted by molar-refractivity contribution is 7.88. The van der Waals surface area contributed by atoms with Gasteiger partial charge in [0.05, 0.1) is 12.8 Å². The minimum Gasteiger partial charge on any atom is -0.357 e. The van der Waals surface area contributed by atoms with Gasteiger partial charge in [0.1, 0.15) is 0 Å². The molecule has 1 aliphatic carbocycles. The highest BCUT2D eigenvalue weighted by atomic mass is 32.2. The molecule has 0 amide bonds. The Morgan fingerprint density at radius 1 is 1.26 bits per heavy atom. The molecule has 23 heavy (non-hydrogen) atoms. The van der Waals surface area contributed by atoms with E-state index in [2.05, 4.69) is 27.3 Å². The maximum absolute atomic E-state index is 11.0. The van der Waals surface area contributed by atoms with Gasteiger partial charge in [-0.25, -0.2) is 13.1 Å². The molecule has 0 aliphatic heterocycles. The molecule has 0 bridgehead atoms. The third-order valence-electron chi connectivity index (χ3n) is 4.21. The van der Waals surface area contributed by atoms with Gasteiger partial charge in [0.15, 0.2) is 5.96 Å². The Morgan fingerprint density at radius 3 is 2.57 bits per heavy atom. The Kier molecular flexibility index (Phi) is 9.55. The molecule has 0 aromatic rings. The van der Waals surface area contributed by atoms with E-state index in [1.807, 2.05) is 6.92 Å². The lowest BCUT2D eigenvalue weighted by molar-refractivity contribution is 0.322. The fourth-order valence-corrected chi connectivity index (χ4v) is 3.45. The second-order valence-corrected chi connectivity index (χ2v) is 8.39. The lowest BCUT2D eigenvalue weighted by Gasteiger charge is -2.24. The summed E-state index contributed by atoms with van der Waals surface area (Å²) in [6.45, 7) is 5.76. The fourth-order valence-electron chi connectivity index (χ4n) is 2.99. The van der Waals surface area contributed by atoms with Crippen LogP contribution < -0.4 is 15.4 Å². The Hall–Kier alpha value is -0.820. The zero-order valence-corrected chi connectivity index (χ0v) is 15.7. The van der Waals surface area contributed by atoms with Crippen molar-refractivity contribution < 1.29 is 8.42 Å². The van der Waals surface area contributed by atoms with Gasteiger partial charge in [-0.2, -0.15) is 0 Å². The first kappa shape index (κ1) is 20.2. The van der Waals surface area contributed by atoms with Gasteiger partial charge in [0.25, 0.3) is 0 Å². The van der Waals surface area contributed by atoms with E-state index in [1.165, 1.54) is 38.5 Å². The number of aliphatic imine (C=N–C) groups is 1. The summed E-state index contributed by atoms with van der Waals surface area (Å²) in [6, 6.07) is 0.373. The summed E-state index contributed by atoms with van der Waals surface area (Å²) in [4.78, 5) is 4.42. The summed E-state index contributed by atoms with van der Waals surface area (Å²) in [5.74, 6) is 1.66. The van der Waals surface area contributed by atoms with Crippen molar-refractivity contribution in [3.8, 4) is 0 Å². The summed E-state index contributed by atoms with van der Waals surface area (Å²) >= 11 is 0. The molecule has 0 spiro atoms. The molecule has 3 N–H and O–H groups in total. The van der Waals surface area contributed by atoms with Crippen molar-refractivity contribution in [1.29, 1.82) is 0 Å². The molecule has 1 aliphatic rings. The van der Waals surface area contributed by atoms with E-state index in [9.17, 15) is 8.42 Å². The zero-order chi connectivity index (χ0) is 17.1. The average Bonchev–Trinajstić information content (AvgIpc) is 2.50. The van der Waals surface area contributed by atoms with E-state index in [1.54, 1.807) is 0 Å². The summed E-state index contributed by atoms with van der Waals surface area (Å²) < 4.78 is 24.5. The van der Waals surface area contributed by atoms with Crippen LogP contribution in [0.2, 0.25) is 0 Å². The maximum atomic E-state index is 11.0. The second-order valence-electron chi connectivity index (χ2n) is 6.55. The fraction of sp³-hybridized carbons (Fsp3) is 0.938. The molecule has 0 radical (unpaired) electrons. The number of sulfonamides is 1. The molecular formula is C16H34N4O2S. The molecule has 7 heteroatoms. The van der Waals surface area contributed by atoms with Crippen molar-refractivity contribution >= 4 is 16.0 Å². The van der Waals surface area contributed by atoms with Crippen LogP contribution in [0.25, 0.3) is 0 Å². The summed E-state index contributed by atoms with van der Waals surface area (Å²) in [6.07, 6.45) is 10.6. The van der Waals surface area contributed by atoms with Crippen molar-refractivity contribution in [3.05, 3.63) is 0 Å². The minimum absolute atomic E-state index is 0.325. The van der Waals surface area contributed by atoms with Gasteiger partial charge in [0.2, 0.25) is 10.0 Å². The molecule has 0 aromatic heterocycles. The number of rotatable bonds is 9. The summed E-state index contributed by atoms with van der Waals surface area (Å²) in [7, 11) is -3.14. The van der Waals surface area contributed by atoms with E-state index in [0.717, 1.165) is 31.1 Å². The Balaban J connectivity index is 2.31. The maximum Gasteiger partial charge on any atom is 0.208 e. The molecule has 136 valence electrons. The van der Waals surface area contributed by atoms with Gasteiger partial charge in [-0.3, -0.25) is 4.99 Å². The lowest BCUT2D eigenvalue weighted by atomic mass is 9.85. The number of hydrogen-bond acceptors (Lipinski definition) is 3. The number of nitrogens with zero attached hydrogens (tertiary/aromatic N) is 1. The Labute approximate surface area is 142 Å². The molecule has 6 nitrogen and oxygen atoms in total. The minimum atomic E-state index is -3.14. The first-order valence-electron chi connectivity index (χ1n) is 8.90. The summed E-state index contributed by atoms with van der Waals surface area (Å²) in [5.41, 5.74) is 0. The summed E-state index contributed by atoms with van der Waals surface area (Å²) in [5, 5.41) is 6.63. The van der Waals surface area contributed by atoms with Gasteiger partial charge in [-0.05, 0) is 32.6 Å². The van der Waals surface area contributed by atoms with Crippen LogP contribution in [-0.2, 0) is 10.0 Å². The van der Waals surface area contributed by atoms with Crippen molar-refractivity contribution in [2.45, 2.75) is 64.8 Å². The zero-order valence-electron chi connectivity index (χ0n) is 14.9. The smallest absolute Gasteiger partial charge is 0.208 e. The van der Waals surface area contributed by atoms with Crippen molar-refractivity contribution in [3.63, 3.8) is 0 Å². The van der Waals surface area contributed by atoms with E-state index in [4.69, 9.17) is 0 Å². The molecular weight excluding hydrogens is 312 g/mol. The molecule has 1 saturated carbocycles. The standard InChI is InChI=1S/C16H34N4O2S/c1-4-17-16(18-12-13-19-23(3,21)22)20-14(2)10-11-15-8-6-5-7-9-15/h14-15,19H,4-13H2,1-3H3,(H2,17,18,20). The van der Waals surface area contributed by atoms with E-state index in [-0.39, 0.29) is 0 Å². The highest BCUT2D eigenvalue weighted by Crippen LogP contribution is 2.27. The van der Waals surface area contributed by atoms with Crippen LogP contribution in [0, 0.1) is 5.92 Å². The SMILES string of the molecule is CCNC(=NCCNS(C)(=O)=O)NC(C)CCC1CCCCC1. The average molecular weight is 347 g/mol. The Morgan fingerprint density at radius 2 is 1.96 bits per heavy atom. The topological polar surface area (TPSA) is 82.6 Å². The third-order valence-corrected chi connectivity index (χ3v) is 4.93. The molecule has 1 unspecified atom stereocenters. The predicted octanol–water partition coefficient (Wildman–Crippen LogP) is 1.84. The molecule has 1 fully saturated rings. The van der Waals surface area contributed by atoms with Gasteiger partial charge in [-0.15, -0.1) is 0 Å². The molecule has 0 saturated heterocycles. The predicted molar refractivity (Wildman–Crippen MR) is 97.2 cm³/mol. The van der Waals surface area contributed by atoms with Crippen LogP contribution in [0.5, 0.6) is 0 Å². The first-order valence-corrected chi connectivity index (χ1v) is 10.8. The largest absolute Gasteiger partial charge is 0.357 e. The monoisotopic (exact) mass is 346 g/mol. The van der Waals surface area contributed by atoms with Gasteiger partial charge < -0.3 is 10.6 Å². The quantitative estimate of drug-likeness (QED) is 0.338. The van der Waals surface area contributed by atoms with Crippen molar-refractivity contribution in [2.24, 2.45) is 10.9 Å². The lowest BCUT2D eigenvalue weighted by Crippen LogP contribution is -2.42. The normalized spacial score (nSPS) is 18.7. The van der Waals surface area contributed by atoms with Crippen LogP contribution in [0.15, 0.2) is 4.99 Å². The number of hydrogen-bond donors (Lipinski definition) is 3. The second kappa shape index (κ2) is 10.9. The van der Waals surface area contributed by atoms with Gasteiger partial charge >= 0.3 is 0 Å². The molecule has 0 aromatic carbocycles. The van der Waals surface area contributed by atoms with Crippen LogP contribution in [0.4, 0.5) is 0 Å². The van der Waals surface area contributed by atoms with Crippen LogP contribution in [-0.4, -0.2) is 46.3 Å². The van der Waals surface area contributed by atoms with Crippen LogP contribution >= 0.6 is 0 Å². The van der Waals surface area contributed by atoms with Gasteiger partial charge in [-0.1, -0.05) is 32.1 Å². The Bertz CT molecular complexity index is 445. The van der Waals surface area contributed by atoms with E-state index >= 15 is 0 Å². The molecule has 1 atom stereocenters. The van der Waals surface area contributed by atoms with Gasteiger partial charge in [0, 0.05) is 19.1 Å². The first-order chi connectivity index (χ1) is 10.9.